The van der Waals surface area contributed by atoms with Crippen LogP contribution in [0.5, 0.6) is 5.75 Å². The summed E-state index contributed by atoms with van der Waals surface area (Å²) in [5.41, 5.74) is 3.36. The van der Waals surface area contributed by atoms with Gasteiger partial charge in [-0.1, -0.05) is 42.5 Å². The first-order valence-electron chi connectivity index (χ1n) is 10.00. The van der Waals surface area contributed by atoms with E-state index >= 15 is 0 Å². The van der Waals surface area contributed by atoms with Gasteiger partial charge in [0.25, 0.3) is 5.91 Å². The van der Waals surface area contributed by atoms with E-state index in [1.165, 1.54) is 11.3 Å². The topological polar surface area (TPSA) is 55.3 Å². The molecule has 1 amide bonds. The molecule has 0 aliphatic carbocycles. The Morgan fingerprint density at radius 1 is 1.13 bits per heavy atom. The lowest BCUT2D eigenvalue weighted by atomic mass is 10.2. The second-order valence-electron chi connectivity index (χ2n) is 6.90. The molecule has 4 aromatic rings. The zero-order valence-corrected chi connectivity index (χ0v) is 19.3. The number of aromatic nitrogens is 2. The fourth-order valence-corrected chi connectivity index (χ4v) is 5.17. The number of hydrogen-bond acceptors (Lipinski definition) is 6. The van der Waals surface area contributed by atoms with Crippen LogP contribution in [-0.2, 0) is 6.54 Å². The number of methoxy groups -OCH3 is 1. The van der Waals surface area contributed by atoms with Gasteiger partial charge >= 0.3 is 0 Å². The van der Waals surface area contributed by atoms with Crippen LogP contribution in [0.25, 0.3) is 10.2 Å². The highest BCUT2D eigenvalue weighted by Gasteiger charge is 2.25. The van der Waals surface area contributed by atoms with E-state index in [1.54, 1.807) is 30.0 Å². The van der Waals surface area contributed by atoms with Gasteiger partial charge in [0.2, 0.25) is 0 Å². The van der Waals surface area contributed by atoms with Crippen molar-refractivity contribution in [3.63, 3.8) is 0 Å². The molecule has 2 heterocycles. The Kier molecular flexibility index (Phi) is 6.53. The Bertz CT molecular complexity index is 1210. The van der Waals surface area contributed by atoms with E-state index in [0.29, 0.717) is 23.0 Å². The Balaban J connectivity index is 1.83. The number of carbonyl (C=O) groups is 1. The van der Waals surface area contributed by atoms with Crippen LogP contribution in [-0.4, -0.2) is 28.7 Å². The molecule has 7 heteroatoms. The molecule has 2 aromatic carbocycles. The zero-order chi connectivity index (χ0) is 21.8. The van der Waals surface area contributed by atoms with Crippen LogP contribution >= 0.6 is 23.1 Å². The van der Waals surface area contributed by atoms with Crippen LogP contribution < -0.4 is 9.64 Å². The maximum Gasteiger partial charge on any atom is 0.261 e. The van der Waals surface area contributed by atoms with Crippen molar-refractivity contribution in [3.8, 4) is 5.75 Å². The number of anilines is 1. The lowest BCUT2D eigenvalue weighted by molar-refractivity contribution is 0.0982. The Morgan fingerprint density at radius 2 is 1.94 bits per heavy atom. The molecule has 0 radical (unpaired) electrons. The molecule has 0 spiro atoms. The summed E-state index contributed by atoms with van der Waals surface area (Å²) in [5.74, 6) is 1.51. The molecule has 4 rings (SSSR count). The van der Waals surface area contributed by atoms with E-state index in [2.05, 4.69) is 11.9 Å². The van der Waals surface area contributed by atoms with Crippen LogP contribution in [0.15, 0.2) is 65.7 Å². The fraction of sp³-hybridized carbons (Fsp3) is 0.208. The van der Waals surface area contributed by atoms with Gasteiger partial charge in [0, 0.05) is 11.1 Å². The summed E-state index contributed by atoms with van der Waals surface area (Å²) in [6.07, 6.45) is 1.74. The maximum atomic E-state index is 13.8. The molecule has 0 atom stereocenters. The van der Waals surface area contributed by atoms with Crippen molar-refractivity contribution >= 4 is 44.4 Å². The number of carbonyl (C=O) groups excluding carboxylic acids is 1. The van der Waals surface area contributed by atoms with Crippen molar-refractivity contribution in [2.45, 2.75) is 25.3 Å². The van der Waals surface area contributed by atoms with Gasteiger partial charge in [0.15, 0.2) is 5.13 Å². The van der Waals surface area contributed by atoms with Crippen molar-refractivity contribution in [2.75, 3.05) is 17.8 Å². The van der Waals surface area contributed by atoms with Crippen LogP contribution in [0.1, 0.15) is 28.5 Å². The lowest BCUT2D eigenvalue weighted by Crippen LogP contribution is -2.31. The lowest BCUT2D eigenvalue weighted by Gasteiger charge is -2.21. The second-order valence-corrected chi connectivity index (χ2v) is 9.18. The number of benzene rings is 2. The average Bonchev–Trinajstić information content (AvgIpc) is 3.25. The van der Waals surface area contributed by atoms with E-state index in [0.717, 1.165) is 32.1 Å². The molecule has 31 heavy (non-hydrogen) atoms. The van der Waals surface area contributed by atoms with Crippen LogP contribution in [0.4, 0.5) is 5.13 Å². The van der Waals surface area contributed by atoms with Gasteiger partial charge in [-0.15, -0.1) is 11.8 Å². The van der Waals surface area contributed by atoms with Crippen molar-refractivity contribution in [3.05, 3.63) is 77.6 Å². The number of hydrogen-bond donors (Lipinski definition) is 0. The van der Waals surface area contributed by atoms with Crippen molar-refractivity contribution in [1.29, 1.82) is 0 Å². The fourth-order valence-electron chi connectivity index (χ4n) is 3.33. The van der Waals surface area contributed by atoms with Gasteiger partial charge in [-0.25, -0.2) is 4.98 Å². The zero-order valence-electron chi connectivity index (χ0n) is 17.7. The third-order valence-corrected chi connectivity index (χ3v) is 7.02. The molecule has 5 nitrogen and oxygen atoms in total. The monoisotopic (exact) mass is 449 g/mol. The summed E-state index contributed by atoms with van der Waals surface area (Å²) in [5, 5.41) is 0.634. The summed E-state index contributed by atoms with van der Waals surface area (Å²) in [7, 11) is 1.64. The number of thiazole rings is 1. The third-order valence-electron chi connectivity index (χ3n) is 4.85. The summed E-state index contributed by atoms with van der Waals surface area (Å²) < 4.78 is 6.53. The number of thioether (sulfide) groups is 1. The molecular formula is C24H23N3O2S2. The van der Waals surface area contributed by atoms with Crippen LogP contribution in [0.2, 0.25) is 0 Å². The molecule has 0 fully saturated rings. The van der Waals surface area contributed by atoms with Crippen LogP contribution in [0.3, 0.4) is 0 Å². The predicted octanol–water partition coefficient (Wildman–Crippen LogP) is 5.97. The third kappa shape index (κ3) is 4.43. The largest absolute Gasteiger partial charge is 0.494 e. The average molecular weight is 450 g/mol. The standard InChI is InChI=1S/C24H23N3O2S2/c1-4-30-20-11-6-5-10-18(20)23(28)27(15-17-9-7-8-14-25-17)24-26-21-19(29-3)13-12-16(2)22(21)31-24/h5-14H,4,15H2,1-3H3. The summed E-state index contributed by atoms with van der Waals surface area (Å²) in [6, 6.07) is 17.4. The van der Waals surface area contributed by atoms with E-state index in [1.807, 2.05) is 61.5 Å². The van der Waals surface area contributed by atoms with Crippen molar-refractivity contribution in [1.82, 2.24) is 9.97 Å². The number of rotatable bonds is 7. The number of fused-ring (bicyclic) bond motifs is 1. The Morgan fingerprint density at radius 3 is 2.68 bits per heavy atom. The molecule has 2 aromatic heterocycles. The molecule has 0 saturated heterocycles. The molecule has 0 aliphatic rings. The first-order chi connectivity index (χ1) is 15.1. The summed E-state index contributed by atoms with van der Waals surface area (Å²) >= 11 is 3.16. The highest BCUT2D eigenvalue weighted by Crippen LogP contribution is 2.37. The van der Waals surface area contributed by atoms with Gasteiger partial charge in [-0.05, 0) is 48.6 Å². The quantitative estimate of drug-likeness (QED) is 0.326. The number of pyridine rings is 1. The first kappa shape index (κ1) is 21.3. The number of nitrogens with zero attached hydrogens (tertiary/aromatic N) is 3. The smallest absolute Gasteiger partial charge is 0.261 e. The van der Waals surface area contributed by atoms with E-state index < -0.39 is 0 Å². The Labute approximate surface area is 190 Å². The number of amides is 1. The Hall–Kier alpha value is -2.90. The summed E-state index contributed by atoms with van der Waals surface area (Å²) in [4.78, 5) is 25.7. The van der Waals surface area contributed by atoms with Crippen molar-refractivity contribution < 1.29 is 9.53 Å². The van der Waals surface area contributed by atoms with Gasteiger partial charge in [-0.2, -0.15) is 0 Å². The number of aryl methyl sites for hydroxylation is 1. The molecule has 0 bridgehead atoms. The van der Waals surface area contributed by atoms with Crippen molar-refractivity contribution in [2.24, 2.45) is 0 Å². The molecule has 0 unspecified atom stereocenters. The predicted molar refractivity (Wildman–Crippen MR) is 128 cm³/mol. The normalized spacial score (nSPS) is 10.9. The molecular weight excluding hydrogens is 426 g/mol. The van der Waals surface area contributed by atoms with Gasteiger partial charge in [0.1, 0.15) is 11.3 Å². The molecule has 158 valence electrons. The van der Waals surface area contributed by atoms with E-state index in [-0.39, 0.29) is 5.91 Å². The molecule has 0 aliphatic heterocycles. The van der Waals surface area contributed by atoms with E-state index in [9.17, 15) is 4.79 Å². The SMILES string of the molecule is CCSc1ccccc1C(=O)N(Cc1ccccn1)c1nc2c(OC)ccc(C)c2s1. The minimum atomic E-state index is -0.0853. The molecule has 0 saturated carbocycles. The second kappa shape index (κ2) is 9.49. The summed E-state index contributed by atoms with van der Waals surface area (Å²) in [6.45, 7) is 4.47. The van der Waals surface area contributed by atoms with Crippen LogP contribution in [0, 0.1) is 6.92 Å². The van der Waals surface area contributed by atoms with E-state index in [4.69, 9.17) is 9.72 Å². The molecule has 0 N–H and O–H groups in total. The highest BCUT2D eigenvalue weighted by atomic mass is 32.2. The van der Waals surface area contributed by atoms with Gasteiger partial charge < -0.3 is 4.74 Å². The first-order valence-corrected chi connectivity index (χ1v) is 11.8. The van der Waals surface area contributed by atoms with Gasteiger partial charge in [-0.3, -0.25) is 14.7 Å². The maximum absolute atomic E-state index is 13.8. The minimum absolute atomic E-state index is 0.0853. The van der Waals surface area contributed by atoms with Gasteiger partial charge in [0.05, 0.1) is 29.6 Å². The minimum Gasteiger partial charge on any atom is -0.494 e. The number of ether oxygens (including phenoxy) is 1. The highest BCUT2D eigenvalue weighted by molar-refractivity contribution is 7.99.